The Balaban J connectivity index is 1.27. The predicted octanol–water partition coefficient (Wildman–Crippen LogP) is 6.88. The molecule has 0 saturated heterocycles. The van der Waals surface area contributed by atoms with E-state index in [4.69, 9.17) is 32.7 Å². The van der Waals surface area contributed by atoms with Gasteiger partial charge in [-0.15, -0.1) is 0 Å². The van der Waals surface area contributed by atoms with Crippen LogP contribution in [0.3, 0.4) is 0 Å². The minimum absolute atomic E-state index is 0.00419. The molecule has 2 aromatic rings. The number of nitrogens with one attached hydrogen (secondary N) is 2. The van der Waals surface area contributed by atoms with Crippen molar-refractivity contribution in [2.75, 3.05) is 53.1 Å². The quantitative estimate of drug-likeness (QED) is 0.127. The molecule has 0 bridgehead atoms. The lowest BCUT2D eigenvalue weighted by molar-refractivity contribution is -0.123. The van der Waals surface area contributed by atoms with Crippen molar-refractivity contribution in [3.05, 3.63) is 63.1 Å². The zero-order valence-electron chi connectivity index (χ0n) is 26.0. The predicted molar refractivity (Wildman–Crippen MR) is 177 cm³/mol. The summed E-state index contributed by atoms with van der Waals surface area (Å²) in [6.07, 6.45) is 3.63. The van der Waals surface area contributed by atoms with Crippen LogP contribution in [0.5, 0.6) is 0 Å². The number of rotatable bonds is 19. The summed E-state index contributed by atoms with van der Waals surface area (Å²) in [5, 5.41) is 4.31. The lowest BCUT2D eigenvalue weighted by atomic mass is 9.77. The van der Waals surface area contributed by atoms with Crippen LogP contribution in [0, 0.1) is 5.41 Å². The standard InChI is InChI=1S/C33H47Cl2N3O4S/c1-5-10-33(3,21-24(2)39)11-9-32(40)36-12-14-41-16-17-42-15-13-37-43-27-8-6-7-25(18-27)29-22-38(4)23-30-28(29)19-26(34)20-31(30)35/h6-8,18-20,29,37H,5,9-17,21-23H2,1-4H3,(H,36,40). The average Bonchev–Trinajstić information content (AvgIpc) is 2.95. The summed E-state index contributed by atoms with van der Waals surface area (Å²) in [5.74, 6) is 0.394. The summed E-state index contributed by atoms with van der Waals surface area (Å²) in [6.45, 7) is 10.7. The zero-order valence-corrected chi connectivity index (χ0v) is 28.3. The van der Waals surface area contributed by atoms with Gasteiger partial charge in [0, 0.05) is 59.9 Å². The van der Waals surface area contributed by atoms with Gasteiger partial charge in [0.15, 0.2) is 0 Å². The second kappa shape index (κ2) is 18.4. The lowest BCUT2D eigenvalue weighted by Gasteiger charge is -2.33. The molecule has 0 aromatic heterocycles. The maximum Gasteiger partial charge on any atom is 0.220 e. The van der Waals surface area contributed by atoms with Crippen LogP contribution in [-0.4, -0.2) is 69.7 Å². The highest BCUT2D eigenvalue weighted by atomic mass is 35.5. The molecule has 43 heavy (non-hydrogen) atoms. The smallest absolute Gasteiger partial charge is 0.220 e. The Morgan fingerprint density at radius 3 is 2.53 bits per heavy atom. The first-order chi connectivity index (χ1) is 20.6. The van der Waals surface area contributed by atoms with Crippen molar-refractivity contribution in [2.45, 2.75) is 70.2 Å². The van der Waals surface area contributed by atoms with Crippen LogP contribution >= 0.6 is 35.1 Å². The van der Waals surface area contributed by atoms with Crippen molar-refractivity contribution in [3.63, 3.8) is 0 Å². The van der Waals surface area contributed by atoms with E-state index in [0.29, 0.717) is 57.4 Å². The third-order valence-corrected chi connectivity index (χ3v) is 9.11. The summed E-state index contributed by atoms with van der Waals surface area (Å²) >= 11 is 14.5. The zero-order chi connectivity index (χ0) is 31.2. The first-order valence-electron chi connectivity index (χ1n) is 15.2. The van der Waals surface area contributed by atoms with E-state index < -0.39 is 0 Å². The Hall–Kier alpha value is -1.65. The van der Waals surface area contributed by atoms with E-state index in [1.54, 1.807) is 18.9 Å². The number of ether oxygens (including phenoxy) is 2. The average molecular weight is 653 g/mol. The van der Waals surface area contributed by atoms with Crippen LogP contribution in [0.4, 0.5) is 0 Å². The number of likely N-dealkylation sites (N-methyl/N-ethyl adjacent to an activating group) is 1. The Morgan fingerprint density at radius 1 is 1.07 bits per heavy atom. The van der Waals surface area contributed by atoms with Crippen LogP contribution in [-0.2, 0) is 25.6 Å². The molecule has 1 amide bonds. The lowest BCUT2D eigenvalue weighted by Crippen LogP contribution is -2.31. The molecule has 0 fully saturated rings. The molecular weight excluding hydrogens is 605 g/mol. The number of Topliss-reactive ketones (excluding diaryl/α,β-unsaturated/α-hetero) is 1. The largest absolute Gasteiger partial charge is 0.378 e. The maximum absolute atomic E-state index is 12.2. The molecule has 2 aromatic carbocycles. The molecular formula is C33H47Cl2N3O4S. The SMILES string of the molecule is CCCC(C)(CCC(=O)NCCOCCOCCNSc1cccc(C2CN(C)Cc3c(Cl)cc(Cl)cc32)c1)CC(C)=O. The van der Waals surface area contributed by atoms with Gasteiger partial charge in [0.2, 0.25) is 5.91 Å². The fourth-order valence-corrected chi connectivity index (χ4v) is 7.03. The molecule has 10 heteroatoms. The number of halogens is 2. The number of fused-ring (bicyclic) bond motifs is 1. The Kier molecular flexibility index (Phi) is 15.3. The number of benzene rings is 2. The van der Waals surface area contributed by atoms with Crippen molar-refractivity contribution in [3.8, 4) is 0 Å². The van der Waals surface area contributed by atoms with E-state index in [9.17, 15) is 9.59 Å². The molecule has 1 aliphatic heterocycles. The highest BCUT2D eigenvalue weighted by molar-refractivity contribution is 7.97. The van der Waals surface area contributed by atoms with Crippen molar-refractivity contribution >= 4 is 46.8 Å². The second-order valence-corrected chi connectivity index (χ2v) is 13.6. The van der Waals surface area contributed by atoms with Crippen molar-refractivity contribution in [2.24, 2.45) is 5.41 Å². The number of nitrogens with zero attached hydrogens (tertiary/aromatic N) is 1. The van der Waals surface area contributed by atoms with Gasteiger partial charge in [0.1, 0.15) is 5.78 Å². The van der Waals surface area contributed by atoms with Crippen LogP contribution in [0.25, 0.3) is 0 Å². The van der Waals surface area contributed by atoms with E-state index in [2.05, 4.69) is 66.2 Å². The Labute approximate surface area is 271 Å². The fourth-order valence-electron chi connectivity index (χ4n) is 5.77. The molecule has 7 nitrogen and oxygen atoms in total. The van der Waals surface area contributed by atoms with Crippen molar-refractivity contribution < 1.29 is 19.1 Å². The van der Waals surface area contributed by atoms with Gasteiger partial charge in [-0.2, -0.15) is 0 Å². The third-order valence-electron chi connectivity index (χ3n) is 7.72. The molecule has 0 saturated carbocycles. The topological polar surface area (TPSA) is 79.9 Å². The van der Waals surface area contributed by atoms with Crippen molar-refractivity contribution in [1.82, 2.24) is 14.9 Å². The van der Waals surface area contributed by atoms with Crippen LogP contribution in [0.2, 0.25) is 10.0 Å². The van der Waals surface area contributed by atoms with E-state index in [-0.39, 0.29) is 23.0 Å². The summed E-state index contributed by atoms with van der Waals surface area (Å²) in [5.41, 5.74) is 3.50. The fraction of sp³-hybridized carbons (Fsp3) is 0.576. The van der Waals surface area contributed by atoms with Crippen LogP contribution in [0.15, 0.2) is 41.3 Å². The molecule has 0 spiro atoms. The molecule has 2 unspecified atom stereocenters. The molecule has 1 heterocycles. The molecule has 2 N–H and O–H groups in total. The van der Waals surface area contributed by atoms with Gasteiger partial charge in [-0.05, 0) is 85.1 Å². The highest BCUT2D eigenvalue weighted by Crippen LogP contribution is 2.39. The summed E-state index contributed by atoms with van der Waals surface area (Å²) in [7, 11) is 2.12. The van der Waals surface area contributed by atoms with Gasteiger partial charge in [0.05, 0.1) is 26.4 Å². The van der Waals surface area contributed by atoms with E-state index in [0.717, 1.165) is 47.8 Å². The number of hydrogen-bond donors (Lipinski definition) is 2. The molecule has 1 aliphatic rings. The van der Waals surface area contributed by atoms with Gasteiger partial charge in [-0.25, -0.2) is 0 Å². The molecule has 238 valence electrons. The number of carbonyl (C=O) groups is 2. The van der Waals surface area contributed by atoms with Crippen LogP contribution < -0.4 is 10.0 Å². The summed E-state index contributed by atoms with van der Waals surface area (Å²) in [4.78, 5) is 27.2. The minimum Gasteiger partial charge on any atom is -0.378 e. The monoisotopic (exact) mass is 651 g/mol. The van der Waals surface area contributed by atoms with Crippen LogP contribution in [0.1, 0.15) is 75.5 Å². The Bertz CT molecular complexity index is 1200. The third kappa shape index (κ3) is 12.3. The number of carbonyl (C=O) groups excluding carboxylic acids is 2. The first-order valence-corrected chi connectivity index (χ1v) is 16.7. The minimum atomic E-state index is -0.104. The number of hydrogen-bond acceptors (Lipinski definition) is 7. The van der Waals surface area contributed by atoms with E-state index in [1.807, 2.05) is 6.07 Å². The normalized spacial score (nSPS) is 16.5. The van der Waals surface area contributed by atoms with E-state index >= 15 is 0 Å². The summed E-state index contributed by atoms with van der Waals surface area (Å²) < 4.78 is 14.6. The van der Waals surface area contributed by atoms with Crippen molar-refractivity contribution in [1.29, 1.82) is 0 Å². The summed E-state index contributed by atoms with van der Waals surface area (Å²) in [6, 6.07) is 12.5. The molecule has 2 atom stereocenters. The highest BCUT2D eigenvalue weighted by Gasteiger charge is 2.28. The Morgan fingerprint density at radius 2 is 1.81 bits per heavy atom. The molecule has 0 radical (unpaired) electrons. The van der Waals surface area contributed by atoms with Gasteiger partial charge in [0.25, 0.3) is 0 Å². The number of ketones is 1. The second-order valence-electron chi connectivity index (χ2n) is 11.8. The van der Waals surface area contributed by atoms with Gasteiger partial charge < -0.3 is 24.5 Å². The van der Waals surface area contributed by atoms with E-state index in [1.165, 1.54) is 11.1 Å². The molecule has 0 aliphatic carbocycles. The maximum atomic E-state index is 12.2. The first kappa shape index (κ1) is 35.8. The van der Waals surface area contributed by atoms with Gasteiger partial charge >= 0.3 is 0 Å². The number of amides is 1. The molecule has 3 rings (SSSR count). The van der Waals surface area contributed by atoms with Gasteiger partial charge in [-0.1, -0.05) is 55.6 Å². The van der Waals surface area contributed by atoms with Gasteiger partial charge in [-0.3, -0.25) is 9.52 Å².